The molecule has 1 aromatic rings. The molecule has 0 N–H and O–H groups in total. The summed E-state index contributed by atoms with van der Waals surface area (Å²) in [6.45, 7) is 4.95. The Morgan fingerprint density at radius 3 is 2.37 bits per heavy atom. The molecule has 3 heteroatoms. The summed E-state index contributed by atoms with van der Waals surface area (Å²) in [6.07, 6.45) is 6.96. The summed E-state index contributed by atoms with van der Waals surface area (Å²) in [7, 11) is 1.33. The Labute approximate surface area is 114 Å². The maximum Gasteiger partial charge on any atom is 0.332 e. The fraction of sp³-hybridized carbons (Fsp3) is 0.125. The molecule has 0 amide bonds. The van der Waals surface area contributed by atoms with E-state index in [1.165, 1.54) is 13.2 Å². The van der Waals surface area contributed by atoms with E-state index in [0.29, 0.717) is 5.57 Å². The first-order valence-corrected chi connectivity index (χ1v) is 5.63. The Balaban J connectivity index is 0.000000399. The number of methoxy groups -OCH3 is 1. The highest BCUT2D eigenvalue weighted by atomic mass is 16.5. The topological polar surface area (TPSA) is 50.1 Å². The molecule has 19 heavy (non-hydrogen) atoms. The van der Waals surface area contributed by atoms with Gasteiger partial charge in [-0.15, -0.1) is 0 Å². The molecule has 0 atom stereocenters. The standard InChI is InChI=1S/C11H9N.C5H8O2/c12-10-6-2-5-9-11-7-3-1-4-8-11;1-4(2)5(6)7-3/h1-9H;1H2,2-3H3. The van der Waals surface area contributed by atoms with Crippen molar-refractivity contribution in [2.24, 2.45) is 0 Å². The number of carbonyl (C=O) groups excluding carboxylic acids is 1. The first kappa shape index (κ1) is 16.4. The smallest absolute Gasteiger partial charge is 0.332 e. The number of rotatable bonds is 3. The van der Waals surface area contributed by atoms with Crippen molar-refractivity contribution in [2.45, 2.75) is 6.92 Å². The van der Waals surface area contributed by atoms with Crippen molar-refractivity contribution in [2.75, 3.05) is 7.11 Å². The number of hydrogen-bond donors (Lipinski definition) is 0. The van der Waals surface area contributed by atoms with E-state index < -0.39 is 0 Å². The van der Waals surface area contributed by atoms with E-state index in [1.54, 1.807) is 13.0 Å². The van der Waals surface area contributed by atoms with Crippen LogP contribution < -0.4 is 0 Å². The molecule has 1 aromatic carbocycles. The Morgan fingerprint density at radius 2 is 1.95 bits per heavy atom. The monoisotopic (exact) mass is 255 g/mol. The number of nitriles is 1. The normalized spacial score (nSPS) is 9.53. The van der Waals surface area contributed by atoms with Crippen LogP contribution in [-0.4, -0.2) is 13.1 Å². The summed E-state index contributed by atoms with van der Waals surface area (Å²) < 4.78 is 4.27. The third-order valence-electron chi connectivity index (χ3n) is 1.90. The van der Waals surface area contributed by atoms with Gasteiger partial charge in [-0.05, 0) is 12.5 Å². The minimum atomic E-state index is -0.347. The van der Waals surface area contributed by atoms with Gasteiger partial charge in [-0.1, -0.05) is 55.1 Å². The van der Waals surface area contributed by atoms with Gasteiger partial charge in [0.05, 0.1) is 13.2 Å². The Kier molecular flexibility index (Phi) is 9.10. The molecule has 3 nitrogen and oxygen atoms in total. The molecule has 0 spiro atoms. The average Bonchev–Trinajstić information content (AvgIpc) is 2.44. The highest BCUT2D eigenvalue weighted by molar-refractivity contribution is 5.86. The van der Waals surface area contributed by atoms with Gasteiger partial charge >= 0.3 is 5.97 Å². The molecule has 0 saturated carbocycles. The summed E-state index contributed by atoms with van der Waals surface area (Å²) in [5, 5.41) is 8.19. The Bertz CT molecular complexity index is 493. The Hall–Kier alpha value is -2.60. The molecule has 1 rings (SSSR count). The van der Waals surface area contributed by atoms with Gasteiger partial charge in [0.1, 0.15) is 0 Å². The minimum Gasteiger partial charge on any atom is -0.466 e. The molecule has 0 saturated heterocycles. The zero-order valence-electron chi connectivity index (χ0n) is 11.2. The zero-order valence-corrected chi connectivity index (χ0v) is 11.2. The molecule has 0 aliphatic heterocycles. The van der Waals surface area contributed by atoms with Crippen LogP contribution in [0.3, 0.4) is 0 Å². The number of allylic oxidation sites excluding steroid dienone is 3. The maximum atomic E-state index is 10.2. The first-order valence-electron chi connectivity index (χ1n) is 5.63. The molecule has 0 bridgehead atoms. The fourth-order valence-corrected chi connectivity index (χ4v) is 1.00. The second-order valence-corrected chi connectivity index (χ2v) is 3.53. The maximum absolute atomic E-state index is 10.2. The van der Waals surface area contributed by atoms with E-state index in [0.717, 1.165) is 5.56 Å². The third-order valence-corrected chi connectivity index (χ3v) is 1.90. The van der Waals surface area contributed by atoms with E-state index in [4.69, 9.17) is 5.26 Å². The zero-order chi connectivity index (χ0) is 14.5. The number of hydrogen-bond acceptors (Lipinski definition) is 3. The van der Waals surface area contributed by atoms with Gasteiger partial charge in [0.2, 0.25) is 0 Å². The SMILES string of the molecule is C=C(C)C(=O)OC.N#CC=CC=Cc1ccccc1. The van der Waals surface area contributed by atoms with Gasteiger partial charge in [0.15, 0.2) is 0 Å². The van der Waals surface area contributed by atoms with E-state index in [1.807, 2.05) is 48.6 Å². The van der Waals surface area contributed by atoms with E-state index >= 15 is 0 Å². The van der Waals surface area contributed by atoms with Crippen LogP contribution in [0, 0.1) is 11.3 Å². The number of benzene rings is 1. The van der Waals surface area contributed by atoms with Crippen LogP contribution in [0.15, 0.2) is 60.7 Å². The first-order chi connectivity index (χ1) is 9.11. The Morgan fingerprint density at radius 1 is 1.32 bits per heavy atom. The predicted molar refractivity (Wildman–Crippen MR) is 77.1 cm³/mol. The van der Waals surface area contributed by atoms with E-state index in [-0.39, 0.29) is 5.97 Å². The van der Waals surface area contributed by atoms with Crippen molar-refractivity contribution >= 4 is 12.0 Å². The molecule has 98 valence electrons. The van der Waals surface area contributed by atoms with Crippen LogP contribution >= 0.6 is 0 Å². The molecule has 0 aromatic heterocycles. The number of ether oxygens (including phenoxy) is 1. The second-order valence-electron chi connectivity index (χ2n) is 3.53. The number of esters is 1. The average molecular weight is 255 g/mol. The van der Waals surface area contributed by atoms with Crippen LogP contribution in [-0.2, 0) is 9.53 Å². The van der Waals surface area contributed by atoms with E-state index in [9.17, 15) is 4.79 Å². The van der Waals surface area contributed by atoms with Crippen LogP contribution in [0.4, 0.5) is 0 Å². The summed E-state index contributed by atoms with van der Waals surface area (Å²) >= 11 is 0. The molecule has 0 heterocycles. The van der Waals surface area contributed by atoms with E-state index in [2.05, 4.69) is 11.3 Å². The van der Waals surface area contributed by atoms with Crippen LogP contribution in [0.5, 0.6) is 0 Å². The lowest BCUT2D eigenvalue weighted by Crippen LogP contribution is -1.98. The van der Waals surface area contributed by atoms with Crippen LogP contribution in [0.1, 0.15) is 12.5 Å². The molecule has 0 aliphatic carbocycles. The molecular weight excluding hydrogens is 238 g/mol. The largest absolute Gasteiger partial charge is 0.466 e. The highest BCUT2D eigenvalue weighted by Crippen LogP contribution is 2.00. The van der Waals surface area contributed by atoms with Crippen LogP contribution in [0.2, 0.25) is 0 Å². The third kappa shape index (κ3) is 9.13. The van der Waals surface area contributed by atoms with Gasteiger partial charge in [0.25, 0.3) is 0 Å². The molecule has 0 unspecified atom stereocenters. The predicted octanol–water partition coefficient (Wildman–Crippen LogP) is 3.52. The quantitative estimate of drug-likeness (QED) is 0.359. The number of carbonyl (C=O) groups is 1. The van der Waals surface area contributed by atoms with Gasteiger partial charge in [-0.25, -0.2) is 4.79 Å². The van der Waals surface area contributed by atoms with Gasteiger partial charge in [-0.3, -0.25) is 0 Å². The van der Waals surface area contributed by atoms with Crippen LogP contribution in [0.25, 0.3) is 6.08 Å². The van der Waals surface area contributed by atoms with Crippen molar-refractivity contribution < 1.29 is 9.53 Å². The minimum absolute atomic E-state index is 0.347. The fourth-order valence-electron chi connectivity index (χ4n) is 1.00. The number of nitrogens with zero attached hydrogens (tertiary/aromatic N) is 1. The highest BCUT2D eigenvalue weighted by Gasteiger charge is 1.95. The van der Waals surface area contributed by atoms with Crippen molar-refractivity contribution in [1.82, 2.24) is 0 Å². The lowest BCUT2D eigenvalue weighted by Gasteiger charge is -1.91. The van der Waals surface area contributed by atoms with Crippen molar-refractivity contribution in [3.05, 3.63) is 66.3 Å². The molecular formula is C16H17NO2. The van der Waals surface area contributed by atoms with Crippen molar-refractivity contribution in [3.63, 3.8) is 0 Å². The summed E-state index contributed by atoms with van der Waals surface area (Å²) in [5.41, 5.74) is 1.57. The summed E-state index contributed by atoms with van der Waals surface area (Å²) in [4.78, 5) is 10.2. The second kappa shape index (κ2) is 10.5. The summed E-state index contributed by atoms with van der Waals surface area (Å²) in [5.74, 6) is -0.347. The lowest BCUT2D eigenvalue weighted by atomic mass is 10.2. The lowest BCUT2D eigenvalue weighted by molar-refractivity contribution is -0.136. The molecule has 0 aliphatic rings. The van der Waals surface area contributed by atoms with Crippen molar-refractivity contribution in [3.8, 4) is 6.07 Å². The van der Waals surface area contributed by atoms with Crippen molar-refractivity contribution in [1.29, 1.82) is 5.26 Å². The summed E-state index contributed by atoms with van der Waals surface area (Å²) in [6, 6.07) is 11.9. The van der Waals surface area contributed by atoms with Gasteiger partial charge in [-0.2, -0.15) is 5.26 Å². The van der Waals surface area contributed by atoms with Gasteiger partial charge < -0.3 is 4.74 Å². The molecule has 0 fully saturated rings. The molecule has 0 radical (unpaired) electrons. The van der Waals surface area contributed by atoms with Gasteiger partial charge in [0, 0.05) is 11.6 Å².